The molecule has 1 aliphatic carbocycles. The number of benzene rings is 1. The van der Waals surface area contributed by atoms with Crippen LogP contribution in [0.15, 0.2) is 30.9 Å². The summed E-state index contributed by atoms with van der Waals surface area (Å²) in [5.41, 5.74) is 1.92. The number of nitriles is 1. The van der Waals surface area contributed by atoms with Crippen LogP contribution in [0.5, 0.6) is 17.5 Å². The molecule has 2 fully saturated rings. The Balaban J connectivity index is 1.45. The molecule has 0 radical (unpaired) electrons. The lowest BCUT2D eigenvalue weighted by Gasteiger charge is -2.41. The summed E-state index contributed by atoms with van der Waals surface area (Å²) in [6.45, 7) is 8.28. The van der Waals surface area contributed by atoms with Crippen LogP contribution >= 0.6 is 0 Å². The standard InChI is InChI=1S/C31H38N6O5/c1-5-27(38)37-16-15-36(18-21(37)12-13-32)30-24-9-11-26(42-25-10-8-23(40-4)17-20(25)2)29(39)28(24)33-31(34-30)41-19-22-7-6-14-35(22)3/h5,8,10,17,21-22,26H,1,6-7,9,11-12,14-16,18-19H2,2-4H3/t21?,22?,26-/m1/s1. The summed E-state index contributed by atoms with van der Waals surface area (Å²) in [6, 6.07) is 7.78. The molecule has 42 heavy (non-hydrogen) atoms. The Morgan fingerprint density at radius 1 is 1.21 bits per heavy atom. The molecule has 0 N–H and O–H groups in total. The van der Waals surface area contributed by atoms with Crippen LogP contribution in [-0.4, -0.2) is 96.6 Å². The SMILES string of the molecule is C=CC(=O)N1CCN(c2nc(OCC3CCCN3C)nc3c2CC[C@@H](Oc2ccc(OC)cc2C)C3=O)CC1CC#N. The van der Waals surface area contributed by atoms with Gasteiger partial charge in [-0.25, -0.2) is 0 Å². The third-order valence-electron chi connectivity index (χ3n) is 8.44. The van der Waals surface area contributed by atoms with E-state index in [0.717, 1.165) is 36.3 Å². The van der Waals surface area contributed by atoms with E-state index in [2.05, 4.69) is 29.6 Å². The highest BCUT2D eigenvalue weighted by Crippen LogP contribution is 2.34. The summed E-state index contributed by atoms with van der Waals surface area (Å²) in [4.78, 5) is 41.8. The van der Waals surface area contributed by atoms with E-state index in [0.29, 0.717) is 56.3 Å². The Morgan fingerprint density at radius 3 is 2.74 bits per heavy atom. The molecule has 11 nitrogen and oxygen atoms in total. The lowest BCUT2D eigenvalue weighted by molar-refractivity contribution is -0.128. The number of nitrogens with zero attached hydrogens (tertiary/aromatic N) is 6. The maximum Gasteiger partial charge on any atom is 0.319 e. The number of Topliss-reactive ketones (excluding diaryl/α,β-unsaturated/α-hetero) is 1. The highest BCUT2D eigenvalue weighted by atomic mass is 16.5. The van der Waals surface area contributed by atoms with Crippen molar-refractivity contribution in [1.82, 2.24) is 19.8 Å². The number of methoxy groups -OCH3 is 1. The number of piperazine rings is 1. The molecule has 5 rings (SSSR count). The van der Waals surface area contributed by atoms with Gasteiger partial charge in [0, 0.05) is 31.2 Å². The molecule has 2 aliphatic heterocycles. The number of aromatic nitrogens is 2. The van der Waals surface area contributed by atoms with Gasteiger partial charge in [0.25, 0.3) is 0 Å². The monoisotopic (exact) mass is 574 g/mol. The Kier molecular flexibility index (Phi) is 8.92. The number of aryl methyl sites for hydroxylation is 1. The number of anilines is 1. The average molecular weight is 575 g/mol. The van der Waals surface area contributed by atoms with Crippen molar-refractivity contribution in [3.63, 3.8) is 0 Å². The zero-order valence-corrected chi connectivity index (χ0v) is 24.5. The van der Waals surface area contributed by atoms with Crippen LogP contribution in [0.25, 0.3) is 0 Å². The van der Waals surface area contributed by atoms with Crippen LogP contribution < -0.4 is 19.1 Å². The summed E-state index contributed by atoms with van der Waals surface area (Å²) >= 11 is 0. The molecule has 3 aliphatic rings. The van der Waals surface area contributed by atoms with Crippen LogP contribution in [0, 0.1) is 18.3 Å². The van der Waals surface area contributed by atoms with Crippen LogP contribution in [-0.2, 0) is 11.2 Å². The quantitative estimate of drug-likeness (QED) is 0.413. The van der Waals surface area contributed by atoms with Gasteiger partial charge in [-0.2, -0.15) is 15.2 Å². The van der Waals surface area contributed by atoms with Crippen LogP contribution in [0.1, 0.15) is 47.3 Å². The first-order chi connectivity index (χ1) is 20.3. The second-order valence-corrected chi connectivity index (χ2v) is 11.1. The van der Waals surface area contributed by atoms with Crippen LogP contribution in [0.4, 0.5) is 5.82 Å². The Bertz CT molecular complexity index is 1390. The highest BCUT2D eigenvalue weighted by molar-refractivity contribution is 6.01. The van der Waals surface area contributed by atoms with Crippen molar-refractivity contribution in [3.8, 4) is 23.6 Å². The number of carbonyl (C=O) groups is 2. The lowest BCUT2D eigenvalue weighted by atomic mass is 9.92. The van der Waals surface area contributed by atoms with Crippen LogP contribution in [0.3, 0.4) is 0 Å². The summed E-state index contributed by atoms with van der Waals surface area (Å²) in [5.74, 6) is 1.54. The zero-order valence-electron chi connectivity index (χ0n) is 24.5. The fourth-order valence-electron chi connectivity index (χ4n) is 6.01. The first kappa shape index (κ1) is 29.3. The van der Waals surface area contributed by atoms with Crippen molar-refractivity contribution in [2.75, 3.05) is 51.8 Å². The molecule has 2 unspecified atom stereocenters. The maximum atomic E-state index is 13.9. The summed E-state index contributed by atoms with van der Waals surface area (Å²) in [5, 5.41) is 9.47. The molecule has 0 spiro atoms. The molecule has 3 heterocycles. The molecule has 2 saturated heterocycles. The van der Waals surface area contributed by atoms with E-state index in [4.69, 9.17) is 19.2 Å². The molecule has 0 bridgehead atoms. The van der Waals surface area contributed by atoms with Crippen molar-refractivity contribution in [3.05, 3.63) is 47.7 Å². The van der Waals surface area contributed by atoms with Gasteiger partial charge in [0.1, 0.15) is 29.6 Å². The third-order valence-corrected chi connectivity index (χ3v) is 8.44. The largest absolute Gasteiger partial charge is 0.497 e. The second-order valence-electron chi connectivity index (χ2n) is 11.1. The highest BCUT2D eigenvalue weighted by Gasteiger charge is 2.37. The van der Waals surface area contributed by atoms with Gasteiger partial charge >= 0.3 is 6.01 Å². The van der Waals surface area contributed by atoms with E-state index < -0.39 is 6.10 Å². The van der Waals surface area contributed by atoms with Crippen LogP contribution in [0.2, 0.25) is 0 Å². The minimum Gasteiger partial charge on any atom is -0.497 e. The molecule has 11 heteroatoms. The van der Waals surface area contributed by atoms with E-state index >= 15 is 0 Å². The van der Waals surface area contributed by atoms with Gasteiger partial charge in [0.05, 0.1) is 25.6 Å². The van der Waals surface area contributed by atoms with Crippen molar-refractivity contribution in [2.24, 2.45) is 0 Å². The van der Waals surface area contributed by atoms with E-state index in [9.17, 15) is 14.9 Å². The van der Waals surface area contributed by atoms with Gasteiger partial charge in [-0.3, -0.25) is 9.59 Å². The summed E-state index contributed by atoms with van der Waals surface area (Å²) in [7, 11) is 3.68. The number of rotatable bonds is 9. The molecular formula is C31H38N6O5. The van der Waals surface area contributed by atoms with Gasteiger partial charge in [-0.1, -0.05) is 6.58 Å². The normalized spacial score (nSPS) is 22.3. The molecule has 2 aromatic rings. The molecule has 0 saturated carbocycles. The fraction of sp³-hybridized carbons (Fsp3) is 0.516. The average Bonchev–Trinajstić information content (AvgIpc) is 3.42. The minimum atomic E-state index is -0.699. The van der Waals surface area contributed by atoms with Gasteiger partial charge in [0.15, 0.2) is 6.10 Å². The van der Waals surface area contributed by atoms with Crippen molar-refractivity contribution < 1.29 is 23.8 Å². The number of ether oxygens (including phenoxy) is 3. The first-order valence-electron chi connectivity index (χ1n) is 14.5. The predicted molar refractivity (Wildman–Crippen MR) is 156 cm³/mol. The third kappa shape index (κ3) is 6.04. The van der Waals surface area contributed by atoms with Crippen molar-refractivity contribution >= 4 is 17.5 Å². The first-order valence-corrected chi connectivity index (χ1v) is 14.5. The smallest absolute Gasteiger partial charge is 0.319 e. The summed E-state index contributed by atoms with van der Waals surface area (Å²) < 4.78 is 17.7. The Labute approximate surface area is 246 Å². The lowest BCUT2D eigenvalue weighted by Crippen LogP contribution is -2.55. The van der Waals surface area contributed by atoms with E-state index in [1.807, 2.05) is 30.0 Å². The Morgan fingerprint density at radius 2 is 2.05 bits per heavy atom. The van der Waals surface area contributed by atoms with E-state index in [-0.39, 0.29) is 36.2 Å². The molecule has 1 aromatic heterocycles. The number of fused-ring (bicyclic) bond motifs is 1. The zero-order chi connectivity index (χ0) is 29.8. The van der Waals surface area contributed by atoms with Gasteiger partial charge in [0.2, 0.25) is 11.7 Å². The van der Waals surface area contributed by atoms with E-state index in [1.54, 1.807) is 12.0 Å². The molecule has 1 amide bonds. The molecule has 1 aromatic carbocycles. The Hall–Kier alpha value is -4.17. The predicted octanol–water partition coefficient (Wildman–Crippen LogP) is 2.96. The van der Waals surface area contributed by atoms with Gasteiger partial charge in [-0.05, 0) is 76.0 Å². The number of hydrogen-bond donors (Lipinski definition) is 0. The maximum absolute atomic E-state index is 13.9. The molecular weight excluding hydrogens is 536 g/mol. The van der Waals surface area contributed by atoms with Crippen molar-refractivity contribution in [1.29, 1.82) is 5.26 Å². The molecule has 222 valence electrons. The van der Waals surface area contributed by atoms with E-state index in [1.165, 1.54) is 6.08 Å². The number of amides is 1. The number of likely N-dealkylation sites (N-methyl/N-ethyl adjacent to an activating group) is 1. The van der Waals surface area contributed by atoms with Gasteiger partial charge < -0.3 is 28.9 Å². The summed E-state index contributed by atoms with van der Waals surface area (Å²) in [6.07, 6.45) is 3.90. The topological polar surface area (TPSA) is 121 Å². The number of carbonyl (C=O) groups excluding carboxylic acids is 2. The molecule has 3 atom stereocenters. The number of ketones is 1. The minimum absolute atomic E-state index is 0.153. The fourth-order valence-corrected chi connectivity index (χ4v) is 6.01. The van der Waals surface area contributed by atoms with Gasteiger partial charge in [-0.15, -0.1) is 0 Å². The van der Waals surface area contributed by atoms with Crippen molar-refractivity contribution in [2.45, 2.75) is 57.2 Å². The number of likely N-dealkylation sites (tertiary alicyclic amines) is 1. The second kappa shape index (κ2) is 12.8. The number of hydrogen-bond acceptors (Lipinski definition) is 10.